The molecule has 0 spiro atoms. The van der Waals surface area contributed by atoms with Crippen molar-refractivity contribution in [2.45, 2.75) is 44.3 Å². The molecule has 3 atom stereocenters. The van der Waals surface area contributed by atoms with Crippen molar-refractivity contribution in [2.75, 3.05) is 6.54 Å². The molecule has 0 saturated heterocycles. The molecule has 10 N–H and O–H groups in total. The number of phenolic OH excluding ortho intramolecular Hbond substituents is 1. The summed E-state index contributed by atoms with van der Waals surface area (Å²) in [5, 5.41) is 33.4. The van der Waals surface area contributed by atoms with Gasteiger partial charge in [0.05, 0.1) is 6.04 Å². The van der Waals surface area contributed by atoms with E-state index in [1.165, 1.54) is 19.1 Å². The van der Waals surface area contributed by atoms with Crippen molar-refractivity contribution in [3.63, 3.8) is 0 Å². The van der Waals surface area contributed by atoms with Crippen LogP contribution < -0.4 is 27.4 Å². The summed E-state index contributed by atoms with van der Waals surface area (Å²) >= 11 is 0. The highest BCUT2D eigenvalue weighted by atomic mass is 16.4. The van der Waals surface area contributed by atoms with Crippen molar-refractivity contribution in [1.82, 2.24) is 16.0 Å². The molecular formula is C18H28N6O5. The minimum absolute atomic E-state index is 0.00119. The van der Waals surface area contributed by atoms with Crippen LogP contribution in [0.4, 0.5) is 0 Å². The van der Waals surface area contributed by atoms with Crippen molar-refractivity contribution in [1.29, 1.82) is 5.41 Å². The molecule has 0 aliphatic heterocycles. The van der Waals surface area contributed by atoms with Gasteiger partial charge in [0.25, 0.3) is 0 Å². The number of hydrogen-bond acceptors (Lipinski definition) is 6. The molecule has 0 aliphatic rings. The second-order valence-corrected chi connectivity index (χ2v) is 6.60. The molecule has 0 bridgehead atoms. The predicted molar refractivity (Wildman–Crippen MR) is 106 cm³/mol. The minimum atomic E-state index is -1.23. The van der Waals surface area contributed by atoms with Crippen LogP contribution in [0.2, 0.25) is 0 Å². The summed E-state index contributed by atoms with van der Waals surface area (Å²) in [4.78, 5) is 36.1. The van der Waals surface area contributed by atoms with Crippen molar-refractivity contribution >= 4 is 23.7 Å². The molecule has 1 rings (SSSR count). The lowest BCUT2D eigenvalue weighted by molar-refractivity contribution is -0.142. The van der Waals surface area contributed by atoms with Crippen LogP contribution in [0.25, 0.3) is 0 Å². The van der Waals surface area contributed by atoms with Gasteiger partial charge in [0.15, 0.2) is 5.96 Å². The Morgan fingerprint density at radius 1 is 1.10 bits per heavy atom. The summed E-state index contributed by atoms with van der Waals surface area (Å²) in [6, 6.07) is 2.89. The summed E-state index contributed by atoms with van der Waals surface area (Å²) in [6.07, 6.45) is 0.587. The van der Waals surface area contributed by atoms with E-state index in [-0.39, 0.29) is 24.6 Å². The van der Waals surface area contributed by atoms with Crippen LogP contribution in [-0.2, 0) is 20.8 Å². The number of aromatic hydroxyl groups is 1. The molecule has 11 heteroatoms. The van der Waals surface area contributed by atoms with Crippen molar-refractivity contribution in [3.8, 4) is 5.75 Å². The predicted octanol–water partition coefficient (Wildman–Crippen LogP) is -1.40. The molecule has 0 unspecified atom stereocenters. The number of aliphatic carboxylic acids is 1. The lowest BCUT2D eigenvalue weighted by atomic mass is 10.0. The van der Waals surface area contributed by atoms with Crippen LogP contribution >= 0.6 is 0 Å². The number of phenols is 1. The monoisotopic (exact) mass is 408 g/mol. The van der Waals surface area contributed by atoms with Gasteiger partial charge in [-0.15, -0.1) is 0 Å². The highest BCUT2D eigenvalue weighted by molar-refractivity contribution is 5.91. The second kappa shape index (κ2) is 11.5. The standard InChI is InChI=1S/C18H28N6O5/c1-10(19)15(26)23-13(3-2-8-22-18(20)21)16(27)24-14(17(28)29)9-11-4-6-12(25)7-5-11/h4-7,10,13-14,25H,2-3,8-9,19H2,1H3,(H,23,26)(H,24,27)(H,28,29)(H4,20,21,22)/t10-,13-,14+/m0/s1. The van der Waals surface area contributed by atoms with E-state index in [9.17, 15) is 24.6 Å². The van der Waals surface area contributed by atoms with E-state index in [4.69, 9.17) is 16.9 Å². The van der Waals surface area contributed by atoms with Gasteiger partial charge in [-0.05, 0) is 37.5 Å². The molecule has 0 fully saturated rings. The van der Waals surface area contributed by atoms with Crippen LogP contribution in [0.15, 0.2) is 24.3 Å². The van der Waals surface area contributed by atoms with Crippen LogP contribution in [0.5, 0.6) is 5.75 Å². The van der Waals surface area contributed by atoms with Crippen LogP contribution in [0.3, 0.4) is 0 Å². The number of nitrogens with two attached hydrogens (primary N) is 2. The van der Waals surface area contributed by atoms with Gasteiger partial charge in [-0.1, -0.05) is 12.1 Å². The molecule has 0 saturated carbocycles. The Bertz CT molecular complexity index is 722. The van der Waals surface area contributed by atoms with Crippen LogP contribution in [0, 0.1) is 5.41 Å². The summed E-state index contributed by atoms with van der Waals surface area (Å²) in [5.41, 5.74) is 11.3. The highest BCUT2D eigenvalue weighted by Gasteiger charge is 2.27. The van der Waals surface area contributed by atoms with E-state index >= 15 is 0 Å². The van der Waals surface area contributed by atoms with Crippen molar-refractivity contribution < 1.29 is 24.6 Å². The number of guanidine groups is 1. The van der Waals surface area contributed by atoms with Gasteiger partial charge in [0, 0.05) is 13.0 Å². The summed E-state index contributed by atoms with van der Waals surface area (Å²) < 4.78 is 0. The SMILES string of the molecule is C[C@H](N)C(=O)N[C@@H](CCCNC(=N)N)C(=O)N[C@H](Cc1ccc(O)cc1)C(=O)O. The molecule has 1 aromatic rings. The minimum Gasteiger partial charge on any atom is -0.508 e. The Morgan fingerprint density at radius 2 is 1.69 bits per heavy atom. The average Bonchev–Trinajstić information content (AvgIpc) is 2.64. The Morgan fingerprint density at radius 3 is 2.21 bits per heavy atom. The molecule has 0 radical (unpaired) electrons. The van der Waals surface area contributed by atoms with E-state index in [0.717, 1.165) is 0 Å². The third-order valence-electron chi connectivity index (χ3n) is 4.02. The zero-order chi connectivity index (χ0) is 22.0. The summed E-state index contributed by atoms with van der Waals surface area (Å²) in [5.74, 6) is -2.61. The van der Waals surface area contributed by atoms with Crippen molar-refractivity contribution in [2.24, 2.45) is 11.5 Å². The van der Waals surface area contributed by atoms with Gasteiger partial charge in [-0.3, -0.25) is 15.0 Å². The maximum absolute atomic E-state index is 12.6. The number of amides is 2. The van der Waals surface area contributed by atoms with E-state index in [2.05, 4.69) is 16.0 Å². The number of carboxylic acid groups (broad SMARTS) is 1. The van der Waals surface area contributed by atoms with Gasteiger partial charge in [-0.2, -0.15) is 0 Å². The normalized spacial score (nSPS) is 13.6. The number of carbonyl (C=O) groups excluding carboxylic acids is 2. The fourth-order valence-electron chi connectivity index (χ4n) is 2.44. The van der Waals surface area contributed by atoms with Crippen LogP contribution in [0.1, 0.15) is 25.3 Å². The lowest BCUT2D eigenvalue weighted by Gasteiger charge is -2.22. The maximum atomic E-state index is 12.6. The maximum Gasteiger partial charge on any atom is 0.326 e. The molecule has 0 aliphatic carbocycles. The Hall–Kier alpha value is -3.34. The van der Waals surface area contributed by atoms with Gasteiger partial charge in [0.2, 0.25) is 11.8 Å². The van der Waals surface area contributed by atoms with Gasteiger partial charge in [0.1, 0.15) is 17.8 Å². The molecule has 0 heterocycles. The number of carbonyl (C=O) groups is 3. The Balaban J connectivity index is 2.81. The average molecular weight is 408 g/mol. The van der Waals surface area contributed by atoms with Gasteiger partial charge < -0.3 is 37.6 Å². The first kappa shape index (κ1) is 23.7. The smallest absolute Gasteiger partial charge is 0.326 e. The highest BCUT2D eigenvalue weighted by Crippen LogP contribution is 2.12. The van der Waals surface area contributed by atoms with Gasteiger partial charge in [-0.25, -0.2) is 4.79 Å². The number of hydrogen-bond donors (Lipinski definition) is 8. The molecule has 1 aromatic carbocycles. The third-order valence-corrected chi connectivity index (χ3v) is 4.02. The zero-order valence-corrected chi connectivity index (χ0v) is 16.1. The molecule has 0 aromatic heterocycles. The first-order chi connectivity index (χ1) is 13.6. The second-order valence-electron chi connectivity index (χ2n) is 6.60. The summed E-state index contributed by atoms with van der Waals surface area (Å²) in [6.45, 7) is 1.77. The lowest BCUT2D eigenvalue weighted by Crippen LogP contribution is -2.54. The van der Waals surface area contributed by atoms with E-state index < -0.39 is 35.9 Å². The fraction of sp³-hybridized carbons (Fsp3) is 0.444. The zero-order valence-electron chi connectivity index (χ0n) is 16.1. The van der Waals surface area contributed by atoms with Crippen LogP contribution in [-0.4, -0.2) is 58.6 Å². The first-order valence-electron chi connectivity index (χ1n) is 9.05. The molecule has 29 heavy (non-hydrogen) atoms. The molecule has 160 valence electrons. The third kappa shape index (κ3) is 8.93. The Kier molecular flexibility index (Phi) is 9.39. The first-order valence-corrected chi connectivity index (χ1v) is 9.05. The van der Waals surface area contributed by atoms with E-state index in [1.54, 1.807) is 12.1 Å². The number of benzene rings is 1. The van der Waals surface area contributed by atoms with E-state index in [0.29, 0.717) is 18.5 Å². The Labute approximate surface area is 168 Å². The number of carboxylic acids is 1. The summed E-state index contributed by atoms with van der Waals surface area (Å²) in [7, 11) is 0. The molecule has 2 amide bonds. The van der Waals surface area contributed by atoms with E-state index in [1.807, 2.05) is 0 Å². The topological polar surface area (TPSA) is 204 Å². The van der Waals surface area contributed by atoms with Crippen molar-refractivity contribution in [3.05, 3.63) is 29.8 Å². The molecule has 11 nitrogen and oxygen atoms in total. The fourth-order valence-corrected chi connectivity index (χ4v) is 2.44. The number of rotatable bonds is 11. The number of nitrogens with one attached hydrogen (secondary N) is 4. The quantitative estimate of drug-likeness (QED) is 0.124. The largest absolute Gasteiger partial charge is 0.508 e. The van der Waals surface area contributed by atoms with Gasteiger partial charge >= 0.3 is 5.97 Å². The molecular weight excluding hydrogens is 380 g/mol.